The second-order valence-corrected chi connectivity index (χ2v) is 5.98. The highest BCUT2D eigenvalue weighted by Gasteiger charge is 2.38. The van der Waals surface area contributed by atoms with Crippen LogP contribution in [0.4, 0.5) is 19.0 Å². The second kappa shape index (κ2) is 5.48. The average molecular weight is 299 g/mol. The van der Waals surface area contributed by atoms with Crippen LogP contribution in [0.15, 0.2) is 12.1 Å². The zero-order valence-corrected chi connectivity index (χ0v) is 11.9. The van der Waals surface area contributed by atoms with E-state index in [1.165, 1.54) is 18.9 Å². The molecule has 1 aromatic rings. The number of pyridine rings is 1. The van der Waals surface area contributed by atoms with Gasteiger partial charge in [0.25, 0.3) is 0 Å². The molecule has 2 atom stereocenters. The maximum atomic E-state index is 12.9. The molecule has 1 aromatic heterocycles. The molecule has 1 saturated carbocycles. The molecule has 0 amide bonds. The van der Waals surface area contributed by atoms with Gasteiger partial charge < -0.3 is 10.6 Å². The lowest BCUT2D eigenvalue weighted by Crippen LogP contribution is -2.44. The number of halogens is 3. The van der Waals surface area contributed by atoms with Crippen LogP contribution in [0, 0.1) is 5.92 Å². The first kappa shape index (κ1) is 14.6. The van der Waals surface area contributed by atoms with Crippen LogP contribution in [0.2, 0.25) is 0 Å². The Morgan fingerprint density at radius 2 is 1.95 bits per heavy atom. The number of aromatic nitrogens is 1. The van der Waals surface area contributed by atoms with E-state index in [1.807, 2.05) is 0 Å². The normalized spacial score (nSPS) is 26.0. The van der Waals surface area contributed by atoms with Gasteiger partial charge in [-0.15, -0.1) is 0 Å². The second-order valence-electron chi connectivity index (χ2n) is 5.98. The van der Waals surface area contributed by atoms with Crippen LogP contribution in [0.1, 0.15) is 43.4 Å². The van der Waals surface area contributed by atoms with Gasteiger partial charge in [-0.05, 0) is 37.7 Å². The molecule has 3 rings (SSSR count). The number of hydrogen-bond donors (Lipinski definition) is 1. The van der Waals surface area contributed by atoms with Crippen LogP contribution in [0.5, 0.6) is 0 Å². The van der Waals surface area contributed by atoms with E-state index in [0.717, 1.165) is 31.9 Å². The van der Waals surface area contributed by atoms with Crippen molar-refractivity contribution in [1.29, 1.82) is 0 Å². The summed E-state index contributed by atoms with van der Waals surface area (Å²) in [5.41, 5.74) is 5.59. The standard InChI is InChI=1S/C15H20F3N3/c16-15(17,18)13-7-6-11(9-19)14(20-13)21-8-2-4-10-3-1-5-12(10)21/h6-7,10,12H,1-5,8-9,19H2. The fourth-order valence-electron chi connectivity index (χ4n) is 3.76. The summed E-state index contributed by atoms with van der Waals surface area (Å²) in [5.74, 6) is 1.05. The Morgan fingerprint density at radius 3 is 2.67 bits per heavy atom. The van der Waals surface area contributed by atoms with E-state index in [1.54, 1.807) is 0 Å². The van der Waals surface area contributed by atoms with Gasteiger partial charge in [-0.2, -0.15) is 13.2 Å². The van der Waals surface area contributed by atoms with Crippen molar-refractivity contribution in [2.24, 2.45) is 11.7 Å². The summed E-state index contributed by atoms with van der Waals surface area (Å²) in [6, 6.07) is 2.84. The van der Waals surface area contributed by atoms with E-state index in [9.17, 15) is 13.2 Å². The van der Waals surface area contributed by atoms with Gasteiger partial charge in [0.05, 0.1) is 0 Å². The van der Waals surface area contributed by atoms with Gasteiger partial charge in [0, 0.05) is 24.7 Å². The molecule has 0 bridgehead atoms. The largest absolute Gasteiger partial charge is 0.433 e. The lowest BCUT2D eigenvalue weighted by atomic mass is 9.91. The zero-order chi connectivity index (χ0) is 15.0. The molecule has 1 saturated heterocycles. The van der Waals surface area contributed by atoms with E-state index in [-0.39, 0.29) is 6.54 Å². The van der Waals surface area contributed by atoms with Crippen molar-refractivity contribution in [3.05, 3.63) is 23.4 Å². The molecule has 0 radical (unpaired) electrons. The first-order valence-corrected chi connectivity index (χ1v) is 7.54. The molecule has 116 valence electrons. The van der Waals surface area contributed by atoms with Crippen molar-refractivity contribution >= 4 is 5.82 Å². The fourth-order valence-corrected chi connectivity index (χ4v) is 3.76. The van der Waals surface area contributed by atoms with Gasteiger partial charge in [-0.1, -0.05) is 12.5 Å². The van der Waals surface area contributed by atoms with E-state index in [2.05, 4.69) is 9.88 Å². The number of piperidine rings is 1. The van der Waals surface area contributed by atoms with Crippen LogP contribution in [0.25, 0.3) is 0 Å². The number of nitrogens with zero attached hydrogens (tertiary/aromatic N) is 2. The highest BCUT2D eigenvalue weighted by Crippen LogP contribution is 2.40. The Balaban J connectivity index is 1.99. The van der Waals surface area contributed by atoms with Gasteiger partial charge in [-0.25, -0.2) is 4.98 Å². The summed E-state index contributed by atoms with van der Waals surface area (Å²) in [6.07, 6.45) is 1.17. The molecule has 1 aliphatic carbocycles. The number of fused-ring (bicyclic) bond motifs is 1. The molecule has 0 aromatic carbocycles. The number of rotatable bonds is 2. The molecular weight excluding hydrogens is 279 g/mol. The van der Waals surface area contributed by atoms with Gasteiger partial charge in [-0.3, -0.25) is 0 Å². The zero-order valence-electron chi connectivity index (χ0n) is 11.9. The molecule has 6 heteroatoms. The molecule has 2 N–H and O–H groups in total. The molecule has 2 fully saturated rings. The van der Waals surface area contributed by atoms with E-state index >= 15 is 0 Å². The topological polar surface area (TPSA) is 42.1 Å². The summed E-state index contributed by atoms with van der Waals surface area (Å²) in [5, 5.41) is 0. The minimum absolute atomic E-state index is 0.217. The highest BCUT2D eigenvalue weighted by atomic mass is 19.4. The highest BCUT2D eigenvalue weighted by molar-refractivity contribution is 5.50. The van der Waals surface area contributed by atoms with Crippen LogP contribution >= 0.6 is 0 Å². The minimum atomic E-state index is -4.41. The summed E-state index contributed by atoms with van der Waals surface area (Å²) >= 11 is 0. The molecule has 21 heavy (non-hydrogen) atoms. The van der Waals surface area contributed by atoms with E-state index in [4.69, 9.17) is 5.73 Å². The average Bonchev–Trinajstić information content (AvgIpc) is 2.94. The van der Waals surface area contributed by atoms with Gasteiger partial charge in [0.1, 0.15) is 11.5 Å². The third kappa shape index (κ3) is 2.73. The molecule has 0 spiro atoms. The Morgan fingerprint density at radius 1 is 1.19 bits per heavy atom. The molecule has 1 aliphatic heterocycles. The third-order valence-electron chi connectivity index (χ3n) is 4.73. The number of hydrogen-bond acceptors (Lipinski definition) is 3. The van der Waals surface area contributed by atoms with Crippen LogP contribution in [-0.4, -0.2) is 17.6 Å². The Bertz CT molecular complexity index is 515. The maximum Gasteiger partial charge on any atom is 0.433 e. The van der Waals surface area contributed by atoms with E-state index in [0.29, 0.717) is 23.3 Å². The monoisotopic (exact) mass is 299 g/mol. The van der Waals surface area contributed by atoms with Crippen LogP contribution in [-0.2, 0) is 12.7 Å². The molecular formula is C15H20F3N3. The summed E-state index contributed by atoms with van der Waals surface area (Å²) in [6.45, 7) is 0.997. The smallest absolute Gasteiger partial charge is 0.353 e. The number of anilines is 1. The third-order valence-corrected chi connectivity index (χ3v) is 4.73. The van der Waals surface area contributed by atoms with Crippen molar-refractivity contribution in [2.75, 3.05) is 11.4 Å². The predicted octanol–water partition coefficient (Wildman–Crippen LogP) is 3.33. The fraction of sp³-hybridized carbons (Fsp3) is 0.667. The quantitative estimate of drug-likeness (QED) is 0.911. The van der Waals surface area contributed by atoms with Crippen molar-refractivity contribution in [1.82, 2.24) is 4.98 Å². The maximum absolute atomic E-state index is 12.9. The summed E-state index contributed by atoms with van der Waals surface area (Å²) in [7, 11) is 0. The predicted molar refractivity (Wildman–Crippen MR) is 74.8 cm³/mol. The molecule has 2 aliphatic rings. The lowest BCUT2D eigenvalue weighted by Gasteiger charge is -2.39. The minimum Gasteiger partial charge on any atom is -0.353 e. The molecule has 2 unspecified atom stereocenters. The SMILES string of the molecule is NCc1ccc(C(F)(F)F)nc1N1CCCC2CCCC21. The molecule has 2 heterocycles. The Labute approximate surface area is 122 Å². The Hall–Kier alpha value is -1.30. The number of nitrogens with two attached hydrogens (primary N) is 1. The van der Waals surface area contributed by atoms with Gasteiger partial charge in [0.2, 0.25) is 0 Å². The van der Waals surface area contributed by atoms with Crippen molar-refractivity contribution in [2.45, 2.75) is 50.9 Å². The van der Waals surface area contributed by atoms with Gasteiger partial charge in [0.15, 0.2) is 0 Å². The Kier molecular flexibility index (Phi) is 3.82. The van der Waals surface area contributed by atoms with Crippen molar-refractivity contribution < 1.29 is 13.2 Å². The van der Waals surface area contributed by atoms with Crippen LogP contribution < -0.4 is 10.6 Å². The van der Waals surface area contributed by atoms with Gasteiger partial charge >= 0.3 is 6.18 Å². The van der Waals surface area contributed by atoms with Crippen molar-refractivity contribution in [3.8, 4) is 0 Å². The van der Waals surface area contributed by atoms with Crippen LogP contribution in [0.3, 0.4) is 0 Å². The summed E-state index contributed by atoms with van der Waals surface area (Å²) in [4.78, 5) is 6.00. The number of alkyl halides is 3. The lowest BCUT2D eigenvalue weighted by molar-refractivity contribution is -0.141. The van der Waals surface area contributed by atoms with E-state index < -0.39 is 11.9 Å². The van der Waals surface area contributed by atoms with Crippen molar-refractivity contribution in [3.63, 3.8) is 0 Å². The summed E-state index contributed by atoms with van der Waals surface area (Å²) < 4.78 is 38.8. The molecule has 3 nitrogen and oxygen atoms in total. The first-order chi connectivity index (χ1) is 10.0. The first-order valence-electron chi connectivity index (χ1n) is 7.54.